The van der Waals surface area contributed by atoms with Crippen molar-refractivity contribution in [2.45, 2.75) is 52.5 Å². The normalized spacial score (nSPS) is 19.0. The summed E-state index contributed by atoms with van der Waals surface area (Å²) >= 11 is 0. The molecule has 166 valence electrons. The molecule has 1 saturated heterocycles. The standard InChI is InChI=1S/C23H36N4O3/c1-16(2)27-9-5-18(6-10-27)15-30-22(24)20-7-11-29-12-8-21(20)26-19-13-17(3)23(28-4)25-14-19/h13-14,16,18,24,26H,5-12,15H2,1-4H3. The maximum absolute atomic E-state index is 8.59. The Kier molecular flexibility index (Phi) is 8.10. The molecule has 0 aromatic carbocycles. The van der Waals surface area contributed by atoms with Crippen molar-refractivity contribution >= 4 is 11.6 Å². The number of hydrogen-bond acceptors (Lipinski definition) is 7. The van der Waals surface area contributed by atoms with E-state index in [0.29, 0.717) is 44.1 Å². The van der Waals surface area contributed by atoms with E-state index in [2.05, 4.69) is 29.0 Å². The number of methoxy groups -OCH3 is 1. The first-order valence-electron chi connectivity index (χ1n) is 11.0. The lowest BCUT2D eigenvalue weighted by Crippen LogP contribution is -2.39. The fraction of sp³-hybridized carbons (Fsp3) is 0.652. The number of rotatable bonds is 7. The molecule has 0 unspecified atom stereocenters. The third kappa shape index (κ3) is 5.95. The fourth-order valence-corrected chi connectivity index (χ4v) is 4.08. The molecular formula is C23H36N4O3. The Morgan fingerprint density at radius 3 is 2.70 bits per heavy atom. The summed E-state index contributed by atoms with van der Waals surface area (Å²) in [5, 5.41) is 12.0. The van der Waals surface area contributed by atoms with E-state index in [1.807, 2.05) is 13.0 Å². The Hall–Kier alpha value is -2.12. The van der Waals surface area contributed by atoms with Gasteiger partial charge in [-0.25, -0.2) is 4.98 Å². The van der Waals surface area contributed by atoms with E-state index in [0.717, 1.165) is 54.9 Å². The second-order valence-electron chi connectivity index (χ2n) is 8.46. The summed E-state index contributed by atoms with van der Waals surface area (Å²) in [5.41, 5.74) is 3.74. The molecule has 2 N–H and O–H groups in total. The number of aryl methyl sites for hydroxylation is 1. The van der Waals surface area contributed by atoms with Crippen molar-refractivity contribution in [1.29, 1.82) is 5.41 Å². The van der Waals surface area contributed by atoms with Gasteiger partial charge in [0.2, 0.25) is 11.8 Å². The summed E-state index contributed by atoms with van der Waals surface area (Å²) < 4.78 is 16.9. The van der Waals surface area contributed by atoms with Gasteiger partial charge >= 0.3 is 0 Å². The highest BCUT2D eigenvalue weighted by Gasteiger charge is 2.23. The highest BCUT2D eigenvalue weighted by atomic mass is 16.5. The topological polar surface area (TPSA) is 79.7 Å². The minimum Gasteiger partial charge on any atom is -0.481 e. The Bertz CT molecular complexity index is 755. The molecule has 30 heavy (non-hydrogen) atoms. The Labute approximate surface area is 180 Å². The van der Waals surface area contributed by atoms with Gasteiger partial charge in [-0.1, -0.05) is 0 Å². The van der Waals surface area contributed by atoms with Gasteiger partial charge in [0.05, 0.1) is 38.8 Å². The molecule has 0 saturated carbocycles. The van der Waals surface area contributed by atoms with E-state index in [9.17, 15) is 0 Å². The number of aromatic nitrogens is 1. The molecule has 3 rings (SSSR count). The van der Waals surface area contributed by atoms with E-state index in [1.54, 1.807) is 13.3 Å². The van der Waals surface area contributed by atoms with Crippen LogP contribution < -0.4 is 10.1 Å². The van der Waals surface area contributed by atoms with Crippen molar-refractivity contribution in [2.24, 2.45) is 5.92 Å². The average molecular weight is 417 g/mol. The SMILES string of the molecule is COc1ncc(NC2=C(C(=N)OCC3CCN(C(C)C)CC3)CCOCC2)cc1C. The first-order valence-corrected chi connectivity index (χ1v) is 11.0. The van der Waals surface area contributed by atoms with E-state index >= 15 is 0 Å². The number of nitrogens with zero attached hydrogens (tertiary/aromatic N) is 2. The number of pyridine rings is 1. The monoisotopic (exact) mass is 416 g/mol. The molecule has 0 spiro atoms. The van der Waals surface area contributed by atoms with Crippen LogP contribution >= 0.6 is 0 Å². The number of likely N-dealkylation sites (tertiary alicyclic amines) is 1. The van der Waals surface area contributed by atoms with E-state index in [4.69, 9.17) is 19.6 Å². The fourth-order valence-electron chi connectivity index (χ4n) is 4.08. The number of piperidine rings is 1. The van der Waals surface area contributed by atoms with Crippen LogP contribution in [0.5, 0.6) is 5.88 Å². The molecular weight excluding hydrogens is 380 g/mol. The van der Waals surface area contributed by atoms with Crippen molar-refractivity contribution in [3.05, 3.63) is 29.1 Å². The van der Waals surface area contributed by atoms with Crippen molar-refractivity contribution in [3.63, 3.8) is 0 Å². The summed E-state index contributed by atoms with van der Waals surface area (Å²) in [7, 11) is 1.62. The molecule has 0 radical (unpaired) electrons. The maximum Gasteiger partial charge on any atom is 0.216 e. The van der Waals surface area contributed by atoms with Crippen molar-refractivity contribution in [3.8, 4) is 5.88 Å². The molecule has 0 amide bonds. The minimum atomic E-state index is 0.271. The van der Waals surface area contributed by atoms with Crippen molar-refractivity contribution in [1.82, 2.24) is 9.88 Å². The number of nitrogens with one attached hydrogen (secondary N) is 2. The molecule has 1 fully saturated rings. The molecule has 7 nitrogen and oxygen atoms in total. The Balaban J connectivity index is 1.63. The quantitative estimate of drug-likeness (QED) is 0.517. The van der Waals surface area contributed by atoms with Crippen LogP contribution in [-0.2, 0) is 9.47 Å². The molecule has 2 aliphatic rings. The molecule has 0 atom stereocenters. The van der Waals surface area contributed by atoms with Gasteiger partial charge < -0.3 is 24.4 Å². The average Bonchev–Trinajstić information content (AvgIpc) is 2.98. The molecule has 2 aliphatic heterocycles. The zero-order valence-electron chi connectivity index (χ0n) is 18.8. The van der Waals surface area contributed by atoms with E-state index < -0.39 is 0 Å². The zero-order valence-corrected chi connectivity index (χ0v) is 18.8. The molecule has 0 aliphatic carbocycles. The van der Waals surface area contributed by atoms with Gasteiger partial charge in [0.15, 0.2) is 0 Å². The van der Waals surface area contributed by atoms with Crippen molar-refractivity contribution in [2.75, 3.05) is 45.3 Å². The first-order chi connectivity index (χ1) is 14.5. The lowest BCUT2D eigenvalue weighted by molar-refractivity contribution is 0.115. The highest BCUT2D eigenvalue weighted by Crippen LogP contribution is 2.25. The third-order valence-corrected chi connectivity index (χ3v) is 5.99. The van der Waals surface area contributed by atoms with Gasteiger partial charge in [0.1, 0.15) is 0 Å². The van der Waals surface area contributed by atoms with Crippen LogP contribution in [0, 0.1) is 18.3 Å². The Morgan fingerprint density at radius 1 is 1.30 bits per heavy atom. The third-order valence-electron chi connectivity index (χ3n) is 5.99. The Morgan fingerprint density at radius 2 is 2.03 bits per heavy atom. The molecule has 7 heteroatoms. The second kappa shape index (κ2) is 10.8. The predicted octanol–water partition coefficient (Wildman–Crippen LogP) is 3.99. The smallest absolute Gasteiger partial charge is 0.216 e. The summed E-state index contributed by atoms with van der Waals surface area (Å²) in [6, 6.07) is 2.61. The first kappa shape index (κ1) is 22.6. The van der Waals surface area contributed by atoms with Crippen LogP contribution in [0.1, 0.15) is 45.1 Å². The minimum absolute atomic E-state index is 0.271. The van der Waals surface area contributed by atoms with E-state index in [1.165, 1.54) is 0 Å². The molecule has 3 heterocycles. The van der Waals surface area contributed by atoms with Gasteiger partial charge in [0.25, 0.3) is 0 Å². The second-order valence-corrected chi connectivity index (χ2v) is 8.46. The van der Waals surface area contributed by atoms with Crippen LogP contribution in [0.25, 0.3) is 0 Å². The number of anilines is 1. The zero-order chi connectivity index (χ0) is 21.5. The molecule has 1 aromatic heterocycles. The van der Waals surface area contributed by atoms with Crippen LogP contribution in [0.2, 0.25) is 0 Å². The van der Waals surface area contributed by atoms with Crippen LogP contribution in [-0.4, -0.2) is 61.8 Å². The summed E-state index contributed by atoms with van der Waals surface area (Å²) in [4.78, 5) is 6.86. The summed E-state index contributed by atoms with van der Waals surface area (Å²) in [6.45, 7) is 10.6. The summed E-state index contributed by atoms with van der Waals surface area (Å²) in [6.07, 6.45) is 5.43. The number of hydrogen-bond donors (Lipinski definition) is 2. The van der Waals surface area contributed by atoms with Gasteiger partial charge in [-0.05, 0) is 58.7 Å². The largest absolute Gasteiger partial charge is 0.481 e. The summed E-state index contributed by atoms with van der Waals surface area (Å²) in [5.74, 6) is 1.42. The van der Waals surface area contributed by atoms with Crippen LogP contribution in [0.15, 0.2) is 23.5 Å². The van der Waals surface area contributed by atoms with Gasteiger partial charge in [-0.3, -0.25) is 5.41 Å². The van der Waals surface area contributed by atoms with Gasteiger partial charge in [-0.2, -0.15) is 0 Å². The molecule has 1 aromatic rings. The predicted molar refractivity (Wildman–Crippen MR) is 119 cm³/mol. The van der Waals surface area contributed by atoms with Gasteiger partial charge in [-0.15, -0.1) is 0 Å². The number of ether oxygens (including phenoxy) is 3. The molecule has 0 bridgehead atoms. The maximum atomic E-state index is 8.59. The lowest BCUT2D eigenvalue weighted by atomic mass is 9.97. The highest BCUT2D eigenvalue weighted by molar-refractivity contribution is 5.92. The van der Waals surface area contributed by atoms with Crippen LogP contribution in [0.3, 0.4) is 0 Å². The van der Waals surface area contributed by atoms with E-state index in [-0.39, 0.29) is 5.90 Å². The van der Waals surface area contributed by atoms with Gasteiger partial charge in [0, 0.05) is 35.7 Å². The van der Waals surface area contributed by atoms with Crippen LogP contribution in [0.4, 0.5) is 5.69 Å². The lowest BCUT2D eigenvalue weighted by Gasteiger charge is -2.34. The van der Waals surface area contributed by atoms with Crippen molar-refractivity contribution < 1.29 is 14.2 Å².